The number of amides is 1. The van der Waals surface area contributed by atoms with Crippen LogP contribution in [-0.4, -0.2) is 49.1 Å². The van der Waals surface area contributed by atoms with E-state index >= 15 is 0 Å². The molecule has 1 fully saturated rings. The van der Waals surface area contributed by atoms with E-state index in [4.69, 9.17) is 9.15 Å². The maximum Gasteiger partial charge on any atom is 0.267 e. The number of hydrogen-bond donors (Lipinski definition) is 0. The normalized spacial score (nSPS) is 16.4. The number of para-hydroxylation sites is 1. The zero-order valence-corrected chi connectivity index (χ0v) is 16.7. The molecule has 0 spiro atoms. The second-order valence-electron chi connectivity index (χ2n) is 7.25. The molecule has 3 aromatic heterocycles. The first-order chi connectivity index (χ1) is 15.3. The molecule has 0 N–H and O–H groups in total. The van der Waals surface area contributed by atoms with Crippen molar-refractivity contribution in [2.24, 2.45) is 0 Å². The minimum atomic E-state index is -0.284. The number of aromatic nitrogens is 5. The van der Waals surface area contributed by atoms with E-state index in [0.717, 1.165) is 30.2 Å². The topological polar surface area (TPSA) is 107 Å². The number of fused-ring (bicyclic) bond motifs is 1. The van der Waals surface area contributed by atoms with Crippen molar-refractivity contribution in [3.8, 4) is 17.3 Å². The number of pyridine rings is 1. The van der Waals surface area contributed by atoms with Gasteiger partial charge >= 0.3 is 0 Å². The Morgan fingerprint density at radius 1 is 1.10 bits per heavy atom. The van der Waals surface area contributed by atoms with Crippen molar-refractivity contribution in [2.45, 2.75) is 25.3 Å². The summed E-state index contributed by atoms with van der Waals surface area (Å²) < 4.78 is 11.7. The van der Waals surface area contributed by atoms with E-state index in [9.17, 15) is 4.79 Å². The molecule has 1 aliphatic heterocycles. The Bertz CT molecular complexity index is 1190. The quantitative estimate of drug-likeness (QED) is 0.488. The van der Waals surface area contributed by atoms with E-state index in [1.165, 1.54) is 0 Å². The Hall–Kier alpha value is -3.88. The Balaban J connectivity index is 1.32. The van der Waals surface area contributed by atoms with Crippen LogP contribution in [0.5, 0.6) is 5.75 Å². The molecule has 1 aliphatic rings. The molecule has 1 aromatic carbocycles. The number of likely N-dealkylation sites (tertiary alicyclic amines) is 1. The molecule has 156 valence electrons. The molecular weight excluding hydrogens is 396 g/mol. The van der Waals surface area contributed by atoms with E-state index < -0.39 is 0 Å². The van der Waals surface area contributed by atoms with Gasteiger partial charge in [-0.2, -0.15) is 0 Å². The number of hydrogen-bond acceptors (Lipinski definition) is 8. The van der Waals surface area contributed by atoms with Gasteiger partial charge in [0.1, 0.15) is 23.0 Å². The van der Waals surface area contributed by atoms with Crippen LogP contribution in [-0.2, 0) is 4.79 Å². The van der Waals surface area contributed by atoms with Gasteiger partial charge in [0.25, 0.3) is 11.8 Å². The molecule has 9 nitrogen and oxygen atoms in total. The van der Waals surface area contributed by atoms with Gasteiger partial charge < -0.3 is 14.1 Å². The fourth-order valence-electron chi connectivity index (χ4n) is 3.78. The van der Waals surface area contributed by atoms with E-state index in [2.05, 4.69) is 25.1 Å². The largest absolute Gasteiger partial charge is 0.481 e. The van der Waals surface area contributed by atoms with Gasteiger partial charge in [-0.05, 0) is 31.4 Å². The molecular formula is C22H20N6O3. The van der Waals surface area contributed by atoms with Crippen LogP contribution in [0, 0.1) is 0 Å². The van der Waals surface area contributed by atoms with E-state index in [1.807, 2.05) is 30.3 Å². The Labute approximate surface area is 178 Å². The standard InChI is InChI=1S/C22H20N6O3/c29-19(14-30-18-8-3-5-15-6-4-9-25-20(15)18)28-12-2-1-7-17(28)22-27-26-21(31-22)16-13-23-10-11-24-16/h3-6,8-11,13,17H,1-2,7,12,14H2/t17-/m0/s1. The van der Waals surface area contributed by atoms with Crippen LogP contribution in [0.4, 0.5) is 0 Å². The summed E-state index contributed by atoms with van der Waals surface area (Å²) in [6.45, 7) is 0.529. The lowest BCUT2D eigenvalue weighted by Gasteiger charge is -2.33. The minimum Gasteiger partial charge on any atom is -0.481 e. The Kier molecular flexibility index (Phi) is 5.22. The molecule has 5 rings (SSSR count). The molecule has 31 heavy (non-hydrogen) atoms. The average molecular weight is 416 g/mol. The lowest BCUT2D eigenvalue weighted by Crippen LogP contribution is -2.41. The van der Waals surface area contributed by atoms with Crippen molar-refractivity contribution < 1.29 is 13.9 Å². The smallest absolute Gasteiger partial charge is 0.267 e. The first-order valence-corrected chi connectivity index (χ1v) is 10.2. The molecule has 0 aliphatic carbocycles. The molecule has 1 atom stereocenters. The van der Waals surface area contributed by atoms with Gasteiger partial charge in [-0.25, -0.2) is 4.98 Å². The number of carbonyl (C=O) groups is 1. The number of nitrogens with zero attached hydrogens (tertiary/aromatic N) is 6. The first-order valence-electron chi connectivity index (χ1n) is 10.2. The monoisotopic (exact) mass is 416 g/mol. The highest BCUT2D eigenvalue weighted by Crippen LogP contribution is 2.32. The van der Waals surface area contributed by atoms with Crippen LogP contribution in [0.25, 0.3) is 22.5 Å². The molecule has 4 heterocycles. The molecule has 9 heteroatoms. The zero-order chi connectivity index (χ0) is 21.0. The van der Waals surface area contributed by atoms with Gasteiger partial charge in [-0.15, -0.1) is 10.2 Å². The highest BCUT2D eigenvalue weighted by molar-refractivity contribution is 5.85. The Morgan fingerprint density at radius 2 is 2.03 bits per heavy atom. The van der Waals surface area contributed by atoms with Gasteiger partial charge in [-0.3, -0.25) is 14.8 Å². The summed E-state index contributed by atoms with van der Waals surface area (Å²) in [5, 5.41) is 9.23. The van der Waals surface area contributed by atoms with Crippen LogP contribution in [0.3, 0.4) is 0 Å². The fourth-order valence-corrected chi connectivity index (χ4v) is 3.78. The predicted octanol–water partition coefficient (Wildman–Crippen LogP) is 3.21. The third-order valence-electron chi connectivity index (χ3n) is 5.28. The summed E-state index contributed by atoms with van der Waals surface area (Å²) >= 11 is 0. The first kappa shape index (κ1) is 19.1. The molecule has 0 radical (unpaired) electrons. The third kappa shape index (κ3) is 3.94. The molecule has 1 saturated heterocycles. The van der Waals surface area contributed by atoms with Crippen LogP contribution in [0.2, 0.25) is 0 Å². The van der Waals surface area contributed by atoms with Crippen LogP contribution in [0.1, 0.15) is 31.2 Å². The van der Waals surface area contributed by atoms with Crippen LogP contribution in [0.15, 0.2) is 59.5 Å². The van der Waals surface area contributed by atoms with E-state index in [-0.39, 0.29) is 18.6 Å². The molecule has 4 aromatic rings. The number of carbonyl (C=O) groups excluding carboxylic acids is 1. The van der Waals surface area contributed by atoms with Crippen molar-refractivity contribution in [1.82, 2.24) is 30.0 Å². The average Bonchev–Trinajstić information content (AvgIpc) is 3.33. The summed E-state index contributed by atoms with van der Waals surface area (Å²) in [6, 6.07) is 9.22. The van der Waals surface area contributed by atoms with Crippen molar-refractivity contribution >= 4 is 16.8 Å². The minimum absolute atomic E-state index is 0.0860. The maximum absolute atomic E-state index is 13.0. The summed E-state index contributed by atoms with van der Waals surface area (Å²) in [6.07, 6.45) is 9.07. The highest BCUT2D eigenvalue weighted by atomic mass is 16.5. The summed E-state index contributed by atoms with van der Waals surface area (Å²) in [5.74, 6) is 1.15. The summed E-state index contributed by atoms with van der Waals surface area (Å²) in [5.41, 5.74) is 1.24. The number of ether oxygens (including phenoxy) is 1. The van der Waals surface area contributed by atoms with Crippen molar-refractivity contribution in [3.05, 3.63) is 61.0 Å². The van der Waals surface area contributed by atoms with Gasteiger partial charge in [0.2, 0.25) is 5.89 Å². The Morgan fingerprint density at radius 3 is 2.94 bits per heavy atom. The molecule has 1 amide bonds. The summed E-state index contributed by atoms with van der Waals surface area (Å²) in [4.78, 5) is 27.4. The highest BCUT2D eigenvalue weighted by Gasteiger charge is 2.32. The second-order valence-corrected chi connectivity index (χ2v) is 7.25. The molecule has 0 saturated carbocycles. The van der Waals surface area contributed by atoms with Crippen molar-refractivity contribution in [2.75, 3.05) is 13.2 Å². The maximum atomic E-state index is 13.0. The van der Waals surface area contributed by atoms with Gasteiger partial charge in [-0.1, -0.05) is 18.2 Å². The summed E-state index contributed by atoms with van der Waals surface area (Å²) in [7, 11) is 0. The van der Waals surface area contributed by atoms with Crippen LogP contribution >= 0.6 is 0 Å². The number of rotatable bonds is 5. The van der Waals surface area contributed by atoms with E-state index in [0.29, 0.717) is 29.8 Å². The zero-order valence-electron chi connectivity index (χ0n) is 16.7. The lowest BCUT2D eigenvalue weighted by atomic mass is 10.0. The number of piperidine rings is 1. The SMILES string of the molecule is O=C(COc1cccc2cccnc12)N1CCCC[C@H]1c1nnc(-c2cnccn2)o1. The third-order valence-corrected chi connectivity index (χ3v) is 5.28. The lowest BCUT2D eigenvalue weighted by molar-refractivity contribution is -0.137. The molecule has 0 bridgehead atoms. The second kappa shape index (κ2) is 8.47. The molecule has 0 unspecified atom stereocenters. The fraction of sp³-hybridized carbons (Fsp3) is 0.273. The number of benzene rings is 1. The van der Waals surface area contributed by atoms with Gasteiger partial charge in [0.15, 0.2) is 6.61 Å². The predicted molar refractivity (Wildman–Crippen MR) is 111 cm³/mol. The van der Waals surface area contributed by atoms with Crippen molar-refractivity contribution in [1.29, 1.82) is 0 Å². The van der Waals surface area contributed by atoms with Crippen molar-refractivity contribution in [3.63, 3.8) is 0 Å². The van der Waals surface area contributed by atoms with Crippen LogP contribution < -0.4 is 4.74 Å². The van der Waals surface area contributed by atoms with Gasteiger partial charge in [0, 0.05) is 30.5 Å². The van der Waals surface area contributed by atoms with E-state index in [1.54, 1.807) is 29.7 Å². The van der Waals surface area contributed by atoms with Gasteiger partial charge in [0.05, 0.1) is 6.20 Å².